The van der Waals surface area contributed by atoms with E-state index < -0.39 is 0 Å². The molecule has 5 heteroatoms. The minimum absolute atomic E-state index is 0.185. The summed E-state index contributed by atoms with van der Waals surface area (Å²) in [6, 6.07) is 8.70. The van der Waals surface area contributed by atoms with Crippen LogP contribution in [0.2, 0.25) is 5.15 Å². The van der Waals surface area contributed by atoms with Crippen molar-refractivity contribution in [2.24, 2.45) is 0 Å². The van der Waals surface area contributed by atoms with E-state index in [9.17, 15) is 4.79 Å². The number of anilines is 1. The summed E-state index contributed by atoms with van der Waals surface area (Å²) in [5.41, 5.74) is 1.97. The largest absolute Gasteiger partial charge is 0.496 e. The molecule has 1 aromatic heterocycles. The van der Waals surface area contributed by atoms with Gasteiger partial charge >= 0.3 is 0 Å². The maximum absolute atomic E-state index is 12.0. The monoisotopic (exact) mass is 276 g/mol. The quantitative estimate of drug-likeness (QED) is 0.875. The second kappa shape index (κ2) is 5.71. The SMILES string of the molecule is COc1ccc(NC(=O)c2cccnc2Cl)cc1C. The summed E-state index contributed by atoms with van der Waals surface area (Å²) in [5, 5.41) is 2.96. The van der Waals surface area contributed by atoms with Gasteiger partial charge in [-0.3, -0.25) is 4.79 Å². The highest BCUT2D eigenvalue weighted by Crippen LogP contribution is 2.22. The van der Waals surface area contributed by atoms with Gasteiger partial charge in [-0.25, -0.2) is 4.98 Å². The number of aromatic nitrogens is 1. The summed E-state index contributed by atoms with van der Waals surface area (Å²) >= 11 is 5.87. The van der Waals surface area contributed by atoms with Gasteiger partial charge in [0, 0.05) is 11.9 Å². The molecule has 0 atom stereocenters. The van der Waals surface area contributed by atoms with Crippen molar-refractivity contribution >= 4 is 23.2 Å². The number of ether oxygens (including phenoxy) is 1. The maximum atomic E-state index is 12.0. The fourth-order valence-electron chi connectivity index (χ4n) is 1.71. The third-order valence-electron chi connectivity index (χ3n) is 2.66. The van der Waals surface area contributed by atoms with E-state index in [-0.39, 0.29) is 11.1 Å². The zero-order chi connectivity index (χ0) is 13.8. The molecule has 0 fully saturated rings. The van der Waals surface area contributed by atoms with Crippen molar-refractivity contribution in [1.29, 1.82) is 0 Å². The molecule has 4 nitrogen and oxygen atoms in total. The molecule has 2 rings (SSSR count). The molecule has 0 saturated carbocycles. The number of carbonyl (C=O) groups is 1. The van der Waals surface area contributed by atoms with Crippen molar-refractivity contribution in [2.45, 2.75) is 6.92 Å². The van der Waals surface area contributed by atoms with Crippen molar-refractivity contribution < 1.29 is 9.53 Å². The molecule has 0 bridgehead atoms. The summed E-state index contributed by atoms with van der Waals surface area (Å²) < 4.78 is 5.16. The van der Waals surface area contributed by atoms with Gasteiger partial charge in [-0.1, -0.05) is 11.6 Å². The van der Waals surface area contributed by atoms with Crippen molar-refractivity contribution in [2.75, 3.05) is 12.4 Å². The maximum Gasteiger partial charge on any atom is 0.258 e. The summed E-state index contributed by atoms with van der Waals surface area (Å²) in [4.78, 5) is 15.9. The molecule has 19 heavy (non-hydrogen) atoms. The van der Waals surface area contributed by atoms with Crippen molar-refractivity contribution in [1.82, 2.24) is 4.98 Å². The molecule has 2 aromatic rings. The Labute approximate surface area is 116 Å². The van der Waals surface area contributed by atoms with Crippen LogP contribution in [0.25, 0.3) is 0 Å². The van der Waals surface area contributed by atoms with E-state index in [0.29, 0.717) is 11.3 Å². The fourth-order valence-corrected chi connectivity index (χ4v) is 1.92. The number of carbonyl (C=O) groups excluding carboxylic acids is 1. The average molecular weight is 277 g/mol. The molecule has 1 amide bonds. The van der Waals surface area contributed by atoms with E-state index in [1.165, 1.54) is 6.20 Å². The second-order valence-corrected chi connectivity index (χ2v) is 4.34. The van der Waals surface area contributed by atoms with Crippen LogP contribution in [0.4, 0.5) is 5.69 Å². The lowest BCUT2D eigenvalue weighted by molar-refractivity contribution is 0.102. The molecule has 1 aromatic carbocycles. The minimum atomic E-state index is -0.289. The van der Waals surface area contributed by atoms with Crippen molar-refractivity contribution in [3.63, 3.8) is 0 Å². The van der Waals surface area contributed by atoms with E-state index in [1.807, 2.05) is 13.0 Å². The number of benzene rings is 1. The summed E-state index contributed by atoms with van der Waals surface area (Å²) in [6.45, 7) is 1.91. The predicted octanol–water partition coefficient (Wildman–Crippen LogP) is 3.30. The smallest absolute Gasteiger partial charge is 0.258 e. The number of rotatable bonds is 3. The average Bonchev–Trinajstić information content (AvgIpc) is 2.39. The number of pyridine rings is 1. The minimum Gasteiger partial charge on any atom is -0.496 e. The van der Waals surface area contributed by atoms with Crippen LogP contribution in [0.3, 0.4) is 0 Å². The third kappa shape index (κ3) is 3.03. The zero-order valence-corrected chi connectivity index (χ0v) is 11.4. The Balaban J connectivity index is 2.20. The van der Waals surface area contributed by atoms with Crippen LogP contribution in [-0.2, 0) is 0 Å². The van der Waals surface area contributed by atoms with E-state index in [4.69, 9.17) is 16.3 Å². The number of halogens is 1. The lowest BCUT2D eigenvalue weighted by Crippen LogP contribution is -2.13. The second-order valence-electron chi connectivity index (χ2n) is 3.98. The van der Waals surface area contributed by atoms with Gasteiger partial charge in [-0.15, -0.1) is 0 Å². The van der Waals surface area contributed by atoms with Gasteiger partial charge in [-0.2, -0.15) is 0 Å². The Morgan fingerprint density at radius 1 is 1.37 bits per heavy atom. The molecular weight excluding hydrogens is 264 g/mol. The highest BCUT2D eigenvalue weighted by atomic mass is 35.5. The summed E-state index contributed by atoms with van der Waals surface area (Å²) in [5.74, 6) is 0.486. The first kappa shape index (κ1) is 13.4. The Bertz CT molecular complexity index is 614. The molecule has 98 valence electrons. The van der Waals surface area contributed by atoms with E-state index >= 15 is 0 Å². The molecule has 0 saturated heterocycles. The zero-order valence-electron chi connectivity index (χ0n) is 10.6. The molecule has 0 radical (unpaired) electrons. The molecule has 0 spiro atoms. The van der Waals surface area contributed by atoms with Crippen LogP contribution in [-0.4, -0.2) is 18.0 Å². The van der Waals surface area contributed by atoms with E-state index in [1.54, 1.807) is 31.4 Å². The van der Waals surface area contributed by atoms with Gasteiger partial charge in [-0.05, 0) is 42.8 Å². The first-order valence-electron chi connectivity index (χ1n) is 5.68. The number of nitrogens with zero attached hydrogens (tertiary/aromatic N) is 1. The lowest BCUT2D eigenvalue weighted by atomic mass is 10.2. The van der Waals surface area contributed by atoms with Crippen LogP contribution in [0.1, 0.15) is 15.9 Å². The third-order valence-corrected chi connectivity index (χ3v) is 2.96. The van der Waals surface area contributed by atoms with Gasteiger partial charge in [0.15, 0.2) is 0 Å². The highest BCUT2D eigenvalue weighted by Gasteiger charge is 2.11. The molecule has 1 N–H and O–H groups in total. The van der Waals surface area contributed by atoms with E-state index in [2.05, 4.69) is 10.3 Å². The predicted molar refractivity (Wildman–Crippen MR) is 74.9 cm³/mol. The van der Waals surface area contributed by atoms with Gasteiger partial charge < -0.3 is 10.1 Å². The van der Waals surface area contributed by atoms with Crippen molar-refractivity contribution in [3.8, 4) is 5.75 Å². The van der Waals surface area contributed by atoms with Crippen LogP contribution in [0.5, 0.6) is 5.75 Å². The first-order valence-corrected chi connectivity index (χ1v) is 6.06. The number of aryl methyl sites for hydroxylation is 1. The van der Waals surface area contributed by atoms with Gasteiger partial charge in [0.05, 0.1) is 12.7 Å². The number of methoxy groups -OCH3 is 1. The Kier molecular flexibility index (Phi) is 4.02. The molecule has 0 aliphatic carbocycles. The normalized spacial score (nSPS) is 10.1. The molecule has 0 unspecified atom stereocenters. The molecule has 0 aliphatic rings. The van der Waals surface area contributed by atoms with Crippen LogP contribution >= 0.6 is 11.6 Å². The molecular formula is C14H13ClN2O2. The number of hydrogen-bond acceptors (Lipinski definition) is 3. The number of nitrogens with one attached hydrogen (secondary N) is 1. The van der Waals surface area contributed by atoms with Gasteiger partial charge in [0.1, 0.15) is 10.9 Å². The van der Waals surface area contributed by atoms with E-state index in [0.717, 1.165) is 11.3 Å². The topological polar surface area (TPSA) is 51.2 Å². The van der Waals surface area contributed by atoms with Gasteiger partial charge in [0.2, 0.25) is 0 Å². The Hall–Kier alpha value is -2.07. The van der Waals surface area contributed by atoms with Crippen molar-refractivity contribution in [3.05, 3.63) is 52.8 Å². The number of hydrogen-bond donors (Lipinski definition) is 1. The molecule has 0 aliphatic heterocycles. The Morgan fingerprint density at radius 3 is 2.79 bits per heavy atom. The Morgan fingerprint density at radius 2 is 2.16 bits per heavy atom. The summed E-state index contributed by atoms with van der Waals surface area (Å²) in [6.07, 6.45) is 1.54. The number of amides is 1. The standard InChI is InChI=1S/C14H13ClN2O2/c1-9-8-10(5-6-12(9)19-2)17-14(18)11-4-3-7-16-13(11)15/h3-8H,1-2H3,(H,17,18). The van der Waals surface area contributed by atoms with Crippen LogP contribution in [0, 0.1) is 6.92 Å². The molecule has 1 heterocycles. The van der Waals surface area contributed by atoms with Crippen LogP contribution in [0.15, 0.2) is 36.5 Å². The highest BCUT2D eigenvalue weighted by molar-refractivity contribution is 6.33. The first-order chi connectivity index (χ1) is 9.11. The summed E-state index contributed by atoms with van der Waals surface area (Å²) in [7, 11) is 1.61. The van der Waals surface area contributed by atoms with Crippen LogP contribution < -0.4 is 10.1 Å². The fraction of sp³-hybridized carbons (Fsp3) is 0.143. The lowest BCUT2D eigenvalue weighted by Gasteiger charge is -2.09. The van der Waals surface area contributed by atoms with Gasteiger partial charge in [0.25, 0.3) is 5.91 Å².